The zero-order valence-corrected chi connectivity index (χ0v) is 17.7. The Morgan fingerprint density at radius 3 is 2.33 bits per heavy atom. The van der Waals surface area contributed by atoms with Crippen LogP contribution in [0.2, 0.25) is 0 Å². The zero-order valence-electron chi connectivity index (χ0n) is 17.7. The largest absolute Gasteiger partial charge is 0.399 e. The van der Waals surface area contributed by atoms with E-state index < -0.39 is 5.91 Å². The van der Waals surface area contributed by atoms with E-state index in [-0.39, 0.29) is 11.9 Å². The molecule has 9 nitrogen and oxygen atoms in total. The lowest BCUT2D eigenvalue weighted by Gasteiger charge is -2.12. The molecule has 0 aliphatic rings. The summed E-state index contributed by atoms with van der Waals surface area (Å²) in [5.74, 6) is -0.434. The van der Waals surface area contributed by atoms with Gasteiger partial charge in [0.15, 0.2) is 0 Å². The van der Waals surface area contributed by atoms with Crippen LogP contribution >= 0.6 is 0 Å². The van der Waals surface area contributed by atoms with E-state index in [1.54, 1.807) is 42.5 Å². The predicted octanol–water partition coefficient (Wildman–Crippen LogP) is 2.51. The first-order chi connectivity index (χ1) is 15.8. The quantitative estimate of drug-likeness (QED) is 0.285. The highest BCUT2D eigenvalue weighted by Gasteiger charge is 2.13. The minimum atomic E-state index is -0.569. The highest BCUT2D eigenvalue weighted by atomic mass is 16.2. The second kappa shape index (κ2) is 8.83. The van der Waals surface area contributed by atoms with Crippen LogP contribution < -0.4 is 28.3 Å². The smallest absolute Gasteiger partial charge is 0.255 e. The van der Waals surface area contributed by atoms with Crippen LogP contribution in [0.1, 0.15) is 31.8 Å². The summed E-state index contributed by atoms with van der Waals surface area (Å²) in [4.78, 5) is 32.7. The molecule has 0 aliphatic carbocycles. The van der Waals surface area contributed by atoms with Gasteiger partial charge in [-0.05, 0) is 72.5 Å². The van der Waals surface area contributed by atoms with Crippen LogP contribution in [0.4, 0.5) is 23.1 Å². The van der Waals surface area contributed by atoms with Gasteiger partial charge in [0.25, 0.3) is 5.91 Å². The van der Waals surface area contributed by atoms with E-state index in [9.17, 15) is 9.59 Å². The lowest BCUT2D eigenvalue weighted by atomic mass is 9.98. The highest BCUT2D eigenvalue weighted by Crippen LogP contribution is 2.23. The van der Waals surface area contributed by atoms with Crippen LogP contribution in [0.25, 0.3) is 10.9 Å². The highest BCUT2D eigenvalue weighted by molar-refractivity contribution is 6.05. The molecule has 0 unspecified atom stereocenters. The number of nitrogen functional groups attached to an aromatic ring is 3. The van der Waals surface area contributed by atoms with Gasteiger partial charge in [-0.2, -0.15) is 4.98 Å². The molecule has 9 heteroatoms. The van der Waals surface area contributed by atoms with Crippen molar-refractivity contribution in [2.75, 3.05) is 22.5 Å². The average molecular weight is 441 g/mol. The standard InChI is InChI=1S/C24H23N7O2/c25-16-7-4-15(5-8-16)23(33)29-17-9-6-14(18(12-17)22(27)32)3-1-13-2-10-20-19(11-13)21(26)31-24(28)30-20/h2,4-12H,1,3,25H2,(H2,27,32)(H,29,33)(H4,26,28,30,31). The topological polar surface area (TPSA) is 176 Å². The van der Waals surface area contributed by atoms with Gasteiger partial charge in [-0.25, -0.2) is 4.98 Å². The minimum Gasteiger partial charge on any atom is -0.399 e. The van der Waals surface area contributed by atoms with Crippen molar-refractivity contribution in [3.8, 4) is 0 Å². The molecule has 4 aromatic rings. The minimum absolute atomic E-state index is 0.127. The third-order valence-electron chi connectivity index (χ3n) is 5.30. The molecule has 1 aromatic heterocycles. The van der Waals surface area contributed by atoms with Gasteiger partial charge < -0.3 is 28.3 Å². The number of carbonyl (C=O) groups excluding carboxylic acids is 2. The Morgan fingerprint density at radius 2 is 1.61 bits per heavy atom. The van der Waals surface area contributed by atoms with Crippen LogP contribution in [0.3, 0.4) is 0 Å². The number of hydrogen-bond donors (Lipinski definition) is 5. The molecule has 4 rings (SSSR count). The maximum absolute atomic E-state index is 12.5. The van der Waals surface area contributed by atoms with Gasteiger partial charge in [-0.1, -0.05) is 12.1 Å². The Balaban J connectivity index is 1.52. The molecule has 0 atom stereocenters. The number of nitrogens with zero attached hydrogens (tertiary/aromatic N) is 2. The van der Waals surface area contributed by atoms with Crippen molar-refractivity contribution in [3.05, 3.63) is 82.9 Å². The number of primary amides is 1. The van der Waals surface area contributed by atoms with Gasteiger partial charge in [-0.15, -0.1) is 0 Å². The van der Waals surface area contributed by atoms with E-state index in [4.69, 9.17) is 22.9 Å². The van der Waals surface area contributed by atoms with Crippen molar-refractivity contribution in [3.63, 3.8) is 0 Å². The first kappa shape index (κ1) is 21.6. The van der Waals surface area contributed by atoms with E-state index in [2.05, 4.69) is 15.3 Å². The third-order valence-corrected chi connectivity index (χ3v) is 5.30. The Labute approximate surface area is 189 Å². The number of amides is 2. The van der Waals surface area contributed by atoms with Gasteiger partial charge in [0, 0.05) is 27.9 Å². The van der Waals surface area contributed by atoms with E-state index in [0.717, 1.165) is 16.5 Å². The maximum atomic E-state index is 12.5. The summed E-state index contributed by atoms with van der Waals surface area (Å²) < 4.78 is 0. The van der Waals surface area contributed by atoms with Crippen molar-refractivity contribution in [1.82, 2.24) is 9.97 Å². The molecule has 0 saturated carbocycles. The number of hydrogen-bond acceptors (Lipinski definition) is 7. The molecular formula is C24H23N7O2. The molecule has 2 amide bonds. The molecule has 166 valence electrons. The molecule has 0 saturated heterocycles. The summed E-state index contributed by atoms with van der Waals surface area (Å²) in [6.45, 7) is 0. The van der Waals surface area contributed by atoms with E-state index in [1.807, 2.05) is 18.2 Å². The van der Waals surface area contributed by atoms with Crippen molar-refractivity contribution < 1.29 is 9.59 Å². The van der Waals surface area contributed by atoms with Crippen LogP contribution in [0.5, 0.6) is 0 Å². The number of carbonyl (C=O) groups is 2. The summed E-state index contributed by atoms with van der Waals surface area (Å²) in [6, 6.07) is 17.3. The number of nitrogens with one attached hydrogen (secondary N) is 1. The van der Waals surface area contributed by atoms with E-state index >= 15 is 0 Å². The number of anilines is 4. The molecule has 0 aliphatic heterocycles. The van der Waals surface area contributed by atoms with Gasteiger partial charge in [0.2, 0.25) is 11.9 Å². The summed E-state index contributed by atoms with van der Waals surface area (Å²) in [6.07, 6.45) is 1.20. The zero-order chi connectivity index (χ0) is 23.5. The fourth-order valence-corrected chi connectivity index (χ4v) is 3.59. The second-order valence-electron chi connectivity index (χ2n) is 7.63. The molecule has 3 aromatic carbocycles. The number of aryl methyl sites for hydroxylation is 2. The summed E-state index contributed by atoms with van der Waals surface area (Å²) in [5, 5.41) is 3.50. The number of fused-ring (bicyclic) bond motifs is 1. The normalized spacial score (nSPS) is 10.8. The fraction of sp³-hybridized carbons (Fsp3) is 0.0833. The molecule has 0 bridgehead atoms. The number of benzene rings is 3. The van der Waals surface area contributed by atoms with E-state index in [1.165, 1.54) is 0 Å². The molecule has 33 heavy (non-hydrogen) atoms. The SMILES string of the molecule is NC(=O)c1cc(NC(=O)c2ccc(N)cc2)ccc1CCc1ccc2nc(N)nc(N)c2c1. The fourth-order valence-electron chi connectivity index (χ4n) is 3.59. The lowest BCUT2D eigenvalue weighted by molar-refractivity contribution is 0.0995. The van der Waals surface area contributed by atoms with Crippen molar-refractivity contribution in [1.29, 1.82) is 0 Å². The maximum Gasteiger partial charge on any atom is 0.255 e. The first-order valence-corrected chi connectivity index (χ1v) is 10.2. The van der Waals surface area contributed by atoms with Crippen LogP contribution in [-0.4, -0.2) is 21.8 Å². The average Bonchev–Trinajstić information content (AvgIpc) is 2.78. The molecule has 0 fully saturated rings. The molecule has 9 N–H and O–H groups in total. The van der Waals surface area contributed by atoms with Gasteiger partial charge in [-0.3, -0.25) is 9.59 Å². The first-order valence-electron chi connectivity index (χ1n) is 10.2. The summed E-state index contributed by atoms with van der Waals surface area (Å²) in [7, 11) is 0. The molecule has 0 spiro atoms. The number of nitrogens with two attached hydrogens (primary N) is 4. The predicted molar refractivity (Wildman–Crippen MR) is 130 cm³/mol. The van der Waals surface area contributed by atoms with Crippen molar-refractivity contribution >= 4 is 45.9 Å². The lowest BCUT2D eigenvalue weighted by Crippen LogP contribution is -2.16. The monoisotopic (exact) mass is 441 g/mol. The van der Waals surface area contributed by atoms with Crippen molar-refractivity contribution in [2.45, 2.75) is 12.8 Å². The summed E-state index contributed by atoms with van der Waals surface area (Å²) in [5.41, 5.74) is 27.2. The Hall–Kier alpha value is -4.66. The molecule has 0 radical (unpaired) electrons. The van der Waals surface area contributed by atoms with Gasteiger partial charge in [0.05, 0.1) is 5.52 Å². The van der Waals surface area contributed by atoms with E-state index in [0.29, 0.717) is 46.7 Å². The Kier molecular flexibility index (Phi) is 5.77. The number of rotatable bonds is 6. The second-order valence-corrected chi connectivity index (χ2v) is 7.63. The number of aromatic nitrogens is 2. The van der Waals surface area contributed by atoms with Crippen molar-refractivity contribution in [2.24, 2.45) is 5.73 Å². The molecule has 1 heterocycles. The Bertz CT molecular complexity index is 1370. The summed E-state index contributed by atoms with van der Waals surface area (Å²) >= 11 is 0. The molecular weight excluding hydrogens is 418 g/mol. The van der Waals surface area contributed by atoms with Gasteiger partial charge >= 0.3 is 0 Å². The van der Waals surface area contributed by atoms with Crippen LogP contribution in [0, 0.1) is 0 Å². The third kappa shape index (κ3) is 4.82. The van der Waals surface area contributed by atoms with Gasteiger partial charge in [0.1, 0.15) is 5.82 Å². The Morgan fingerprint density at radius 1 is 0.848 bits per heavy atom. The van der Waals surface area contributed by atoms with Crippen LogP contribution in [-0.2, 0) is 12.8 Å². The van der Waals surface area contributed by atoms with Crippen LogP contribution in [0.15, 0.2) is 60.7 Å².